The van der Waals surface area contributed by atoms with Crippen LogP contribution in [0.25, 0.3) is 0 Å². The third kappa shape index (κ3) is 2.12. The minimum absolute atomic E-state index is 0.881. The number of anilines is 2. The summed E-state index contributed by atoms with van der Waals surface area (Å²) in [6.45, 7) is 0.881. The van der Waals surface area contributed by atoms with E-state index >= 15 is 0 Å². The molecule has 72 valence electrons. The molecule has 0 amide bonds. The summed E-state index contributed by atoms with van der Waals surface area (Å²) in [5, 5.41) is 9.49. The third-order valence-electron chi connectivity index (χ3n) is 2.04. The maximum Gasteiger partial charge on any atom is 0.0618 e. The van der Waals surface area contributed by atoms with Gasteiger partial charge in [0.1, 0.15) is 0 Å². The molecule has 0 aliphatic heterocycles. The molecule has 0 saturated carbocycles. The Hall–Kier alpha value is -1.22. The van der Waals surface area contributed by atoms with E-state index in [-0.39, 0.29) is 0 Å². The molecule has 3 nitrogen and oxygen atoms in total. The molecule has 0 heterocycles. The highest BCUT2D eigenvalue weighted by Gasteiger charge is 2.03. The molecule has 0 aromatic heterocycles. The van der Waals surface area contributed by atoms with E-state index in [4.69, 9.17) is 0 Å². The van der Waals surface area contributed by atoms with E-state index < -0.39 is 0 Å². The van der Waals surface area contributed by atoms with Gasteiger partial charge in [0, 0.05) is 20.6 Å². The fraction of sp³-hybridized carbons (Fsp3) is 0.400. The number of nitrogens with one attached hydrogen (secondary N) is 3. The van der Waals surface area contributed by atoms with Crippen molar-refractivity contribution in [3.05, 3.63) is 23.8 Å². The van der Waals surface area contributed by atoms with Gasteiger partial charge < -0.3 is 16.0 Å². The Balaban J connectivity index is 3.03. The topological polar surface area (TPSA) is 36.1 Å². The first-order valence-electron chi connectivity index (χ1n) is 4.45. The van der Waals surface area contributed by atoms with Crippen molar-refractivity contribution in [1.29, 1.82) is 0 Å². The summed E-state index contributed by atoms with van der Waals surface area (Å²) in [4.78, 5) is 0. The SMILES string of the molecule is CNCc1cccc(NC)c1NC. The number of hydrogen-bond acceptors (Lipinski definition) is 3. The van der Waals surface area contributed by atoms with Crippen molar-refractivity contribution in [3.63, 3.8) is 0 Å². The first kappa shape index (κ1) is 9.86. The van der Waals surface area contributed by atoms with Crippen LogP contribution in [0.1, 0.15) is 5.56 Å². The monoisotopic (exact) mass is 179 g/mol. The van der Waals surface area contributed by atoms with Crippen LogP contribution in [0.3, 0.4) is 0 Å². The van der Waals surface area contributed by atoms with Crippen molar-refractivity contribution >= 4 is 11.4 Å². The quantitative estimate of drug-likeness (QED) is 0.655. The molecule has 0 spiro atoms. The molecule has 0 saturated heterocycles. The summed E-state index contributed by atoms with van der Waals surface area (Å²) in [6, 6.07) is 6.23. The van der Waals surface area contributed by atoms with E-state index in [0.717, 1.165) is 12.2 Å². The second kappa shape index (κ2) is 4.72. The van der Waals surface area contributed by atoms with Crippen LogP contribution < -0.4 is 16.0 Å². The maximum absolute atomic E-state index is 3.20. The molecule has 13 heavy (non-hydrogen) atoms. The van der Waals surface area contributed by atoms with Crippen LogP contribution in [0.2, 0.25) is 0 Å². The Labute approximate surface area is 79.5 Å². The van der Waals surface area contributed by atoms with Gasteiger partial charge in [-0.05, 0) is 18.7 Å². The molecule has 0 aliphatic carbocycles. The molecule has 1 aromatic rings. The van der Waals surface area contributed by atoms with E-state index in [0.29, 0.717) is 0 Å². The van der Waals surface area contributed by atoms with E-state index in [9.17, 15) is 0 Å². The van der Waals surface area contributed by atoms with Crippen LogP contribution in [-0.4, -0.2) is 21.1 Å². The van der Waals surface area contributed by atoms with Crippen LogP contribution in [0.4, 0.5) is 11.4 Å². The Morgan fingerprint density at radius 2 is 1.85 bits per heavy atom. The fourth-order valence-corrected chi connectivity index (χ4v) is 1.44. The van der Waals surface area contributed by atoms with Crippen molar-refractivity contribution in [2.45, 2.75) is 6.54 Å². The summed E-state index contributed by atoms with van der Waals surface area (Å²) in [5.41, 5.74) is 3.58. The second-order valence-corrected chi connectivity index (χ2v) is 2.87. The number of rotatable bonds is 4. The smallest absolute Gasteiger partial charge is 0.0618 e. The molecule has 0 unspecified atom stereocenters. The van der Waals surface area contributed by atoms with Gasteiger partial charge in [-0.2, -0.15) is 0 Å². The van der Waals surface area contributed by atoms with Gasteiger partial charge in [0.25, 0.3) is 0 Å². The molecule has 0 atom stereocenters. The molecule has 0 aliphatic rings. The highest BCUT2D eigenvalue weighted by Crippen LogP contribution is 2.24. The third-order valence-corrected chi connectivity index (χ3v) is 2.04. The molecule has 3 heteroatoms. The highest BCUT2D eigenvalue weighted by molar-refractivity contribution is 5.72. The van der Waals surface area contributed by atoms with Crippen LogP contribution in [-0.2, 0) is 6.54 Å². The van der Waals surface area contributed by atoms with Crippen LogP contribution in [0.15, 0.2) is 18.2 Å². The molecule has 0 bridgehead atoms. The summed E-state index contributed by atoms with van der Waals surface area (Å²) in [5.74, 6) is 0. The zero-order valence-corrected chi connectivity index (χ0v) is 8.44. The van der Waals surface area contributed by atoms with E-state index in [2.05, 4.69) is 34.1 Å². The predicted octanol–water partition coefficient (Wildman–Crippen LogP) is 1.49. The molecular weight excluding hydrogens is 162 g/mol. The Morgan fingerprint density at radius 1 is 1.08 bits per heavy atom. The predicted molar refractivity (Wildman–Crippen MR) is 58.3 cm³/mol. The minimum Gasteiger partial charge on any atom is -0.386 e. The largest absolute Gasteiger partial charge is 0.386 e. The summed E-state index contributed by atoms with van der Waals surface area (Å²) >= 11 is 0. The average Bonchev–Trinajstić information content (AvgIpc) is 2.18. The van der Waals surface area contributed by atoms with Crippen LogP contribution >= 0.6 is 0 Å². The summed E-state index contributed by atoms with van der Waals surface area (Å²) in [6.07, 6.45) is 0. The molecule has 0 radical (unpaired) electrons. The minimum atomic E-state index is 0.881. The zero-order valence-electron chi connectivity index (χ0n) is 8.44. The molecule has 1 aromatic carbocycles. The van der Waals surface area contributed by atoms with Crippen LogP contribution in [0.5, 0.6) is 0 Å². The average molecular weight is 179 g/mol. The number of para-hydroxylation sites is 1. The normalized spacial score (nSPS) is 9.77. The van der Waals surface area contributed by atoms with Gasteiger partial charge in [-0.25, -0.2) is 0 Å². The first-order valence-corrected chi connectivity index (χ1v) is 4.45. The van der Waals surface area contributed by atoms with Gasteiger partial charge in [0.05, 0.1) is 11.4 Å². The Bertz CT molecular complexity index is 271. The van der Waals surface area contributed by atoms with Gasteiger partial charge in [-0.1, -0.05) is 12.1 Å². The zero-order chi connectivity index (χ0) is 9.68. The molecule has 3 N–H and O–H groups in total. The lowest BCUT2D eigenvalue weighted by Crippen LogP contribution is -2.09. The molecular formula is C10H17N3. The highest BCUT2D eigenvalue weighted by atomic mass is 14.9. The Morgan fingerprint density at radius 3 is 2.38 bits per heavy atom. The summed E-state index contributed by atoms with van der Waals surface area (Å²) < 4.78 is 0. The van der Waals surface area contributed by atoms with Gasteiger partial charge in [-0.15, -0.1) is 0 Å². The van der Waals surface area contributed by atoms with Crippen molar-refractivity contribution in [1.82, 2.24) is 5.32 Å². The fourth-order valence-electron chi connectivity index (χ4n) is 1.44. The summed E-state index contributed by atoms with van der Waals surface area (Å²) in [7, 11) is 5.82. The maximum atomic E-state index is 3.20. The Kier molecular flexibility index (Phi) is 3.58. The van der Waals surface area contributed by atoms with E-state index in [1.54, 1.807) is 0 Å². The second-order valence-electron chi connectivity index (χ2n) is 2.87. The lowest BCUT2D eigenvalue weighted by molar-refractivity contribution is 0.819. The molecule has 1 rings (SSSR count). The first-order chi connectivity index (χ1) is 6.33. The van der Waals surface area contributed by atoms with Gasteiger partial charge >= 0.3 is 0 Å². The van der Waals surface area contributed by atoms with E-state index in [1.165, 1.54) is 11.3 Å². The van der Waals surface area contributed by atoms with Crippen molar-refractivity contribution in [2.24, 2.45) is 0 Å². The lowest BCUT2D eigenvalue weighted by Gasteiger charge is -2.13. The van der Waals surface area contributed by atoms with Crippen LogP contribution in [0, 0.1) is 0 Å². The van der Waals surface area contributed by atoms with E-state index in [1.807, 2.05) is 21.1 Å². The van der Waals surface area contributed by atoms with Crippen molar-refractivity contribution in [3.8, 4) is 0 Å². The van der Waals surface area contributed by atoms with Gasteiger partial charge in [0.2, 0.25) is 0 Å². The molecule has 0 fully saturated rings. The lowest BCUT2D eigenvalue weighted by atomic mass is 10.1. The standard InChI is InChI=1S/C10H17N3/c1-11-7-8-5-4-6-9(12-2)10(8)13-3/h4-6,11-13H,7H2,1-3H3. The number of benzene rings is 1. The number of hydrogen-bond donors (Lipinski definition) is 3. The van der Waals surface area contributed by atoms with Gasteiger partial charge in [-0.3, -0.25) is 0 Å². The van der Waals surface area contributed by atoms with Crippen molar-refractivity contribution in [2.75, 3.05) is 31.8 Å². The van der Waals surface area contributed by atoms with Crippen molar-refractivity contribution < 1.29 is 0 Å². The van der Waals surface area contributed by atoms with Gasteiger partial charge in [0.15, 0.2) is 0 Å².